The Balaban J connectivity index is 4.24. The molecule has 0 N–H and O–H groups in total. The van der Waals surface area contributed by atoms with Crippen LogP contribution in [-0.2, 0) is 19.6 Å². The number of carbonyl (C=O) groups is 1. The summed E-state index contributed by atoms with van der Waals surface area (Å²) < 4.78 is 37.1. The van der Waals surface area contributed by atoms with Crippen LogP contribution in [0.4, 0.5) is 0 Å². The van der Waals surface area contributed by atoms with Gasteiger partial charge in [0.1, 0.15) is 23.3 Å². The number of esters is 1. The molecule has 0 saturated heterocycles. The molecule has 0 aromatic carbocycles. The van der Waals surface area contributed by atoms with E-state index in [-0.39, 0.29) is 23.6 Å². The number of quaternary nitrogens is 1. The first-order chi connectivity index (χ1) is 7.90. The average Bonchev–Trinajstić information content (AvgIpc) is 2.13. The number of rotatable bonds is 7. The Kier molecular flexibility index (Phi) is 5.77. The van der Waals surface area contributed by atoms with Gasteiger partial charge in [-0.05, 0) is 20.3 Å². The second kappa shape index (κ2) is 5.99. The van der Waals surface area contributed by atoms with Crippen LogP contribution >= 0.6 is 0 Å². The molecule has 0 heterocycles. The molecule has 0 radical (unpaired) electrons. The molecule has 108 valence electrons. The molecule has 0 aliphatic heterocycles. The van der Waals surface area contributed by atoms with Gasteiger partial charge >= 0.3 is 5.97 Å². The maximum Gasteiger partial charge on any atom is 0.311 e. The van der Waals surface area contributed by atoms with Gasteiger partial charge in [-0.2, -0.15) is 0 Å². The van der Waals surface area contributed by atoms with Gasteiger partial charge in [-0.3, -0.25) is 4.79 Å². The lowest BCUT2D eigenvalue weighted by Crippen LogP contribution is -2.46. The van der Waals surface area contributed by atoms with Crippen molar-refractivity contribution in [1.82, 2.24) is 0 Å². The predicted molar refractivity (Wildman–Crippen MR) is 66.6 cm³/mol. The zero-order valence-electron chi connectivity index (χ0n) is 11.7. The number of hydrogen-bond donors (Lipinski definition) is 0. The van der Waals surface area contributed by atoms with Crippen LogP contribution < -0.4 is 0 Å². The topological polar surface area (TPSA) is 83.5 Å². The zero-order chi connectivity index (χ0) is 14.6. The van der Waals surface area contributed by atoms with Crippen molar-refractivity contribution in [1.29, 1.82) is 0 Å². The first kappa shape index (κ1) is 17.3. The second-order valence-electron chi connectivity index (χ2n) is 5.72. The van der Waals surface area contributed by atoms with Crippen LogP contribution in [0.2, 0.25) is 0 Å². The molecule has 0 spiro atoms. The summed E-state index contributed by atoms with van der Waals surface area (Å²) in [6, 6.07) is 0. The first-order valence-electron chi connectivity index (χ1n) is 5.82. The monoisotopic (exact) mass is 281 g/mol. The van der Waals surface area contributed by atoms with Crippen molar-refractivity contribution >= 4 is 16.1 Å². The molecule has 0 aromatic rings. The maximum atomic E-state index is 11.7. The first-order valence-corrected chi connectivity index (χ1v) is 7.40. The molecule has 0 unspecified atom stereocenters. The molecule has 0 amide bonds. The summed E-state index contributed by atoms with van der Waals surface area (Å²) in [7, 11) is -1.07. The second-order valence-corrected chi connectivity index (χ2v) is 7.09. The van der Waals surface area contributed by atoms with Crippen molar-refractivity contribution in [2.24, 2.45) is 5.41 Å². The summed E-state index contributed by atoms with van der Waals surface area (Å²) in [5, 5.41) is 0. The van der Waals surface area contributed by atoms with Gasteiger partial charge in [-0.1, -0.05) is 6.92 Å². The van der Waals surface area contributed by atoms with Crippen molar-refractivity contribution < 1.29 is 27.0 Å². The highest BCUT2D eigenvalue weighted by molar-refractivity contribution is 7.85. The molecule has 0 aliphatic rings. The van der Waals surface area contributed by atoms with E-state index in [4.69, 9.17) is 4.74 Å². The molecule has 6 nitrogen and oxygen atoms in total. The van der Waals surface area contributed by atoms with Crippen molar-refractivity contribution in [3.63, 3.8) is 0 Å². The summed E-state index contributed by atoms with van der Waals surface area (Å²) in [6.07, 6.45) is 0.666. The molecule has 0 saturated carbocycles. The van der Waals surface area contributed by atoms with Gasteiger partial charge in [-0.25, -0.2) is 8.42 Å². The number of likely N-dealkylation sites (N-methyl/N-ethyl adjacent to an activating group) is 1. The van der Waals surface area contributed by atoms with Crippen LogP contribution in [0, 0.1) is 5.41 Å². The highest BCUT2D eigenvalue weighted by atomic mass is 32.2. The van der Waals surface area contributed by atoms with E-state index in [1.165, 1.54) is 0 Å². The SMILES string of the molecule is CCC(C)(C)C(=O)OCC[N+](C)(C)CS(=O)(=O)[O-]. The van der Waals surface area contributed by atoms with Gasteiger partial charge in [0, 0.05) is 0 Å². The molecule has 0 aliphatic carbocycles. The lowest BCUT2D eigenvalue weighted by molar-refractivity contribution is -0.878. The predicted octanol–water partition coefficient (Wildman–Crippen LogP) is 0.545. The Morgan fingerprint density at radius 3 is 2.22 bits per heavy atom. The Morgan fingerprint density at radius 2 is 1.83 bits per heavy atom. The smallest absolute Gasteiger partial charge is 0.311 e. The van der Waals surface area contributed by atoms with Crippen molar-refractivity contribution in [2.75, 3.05) is 33.1 Å². The van der Waals surface area contributed by atoms with E-state index in [0.717, 1.165) is 0 Å². The zero-order valence-corrected chi connectivity index (χ0v) is 12.5. The van der Waals surface area contributed by atoms with Crippen LogP contribution in [0.15, 0.2) is 0 Å². The largest absolute Gasteiger partial charge is 0.744 e. The molecular formula is C11H23NO5S. The maximum absolute atomic E-state index is 11.7. The number of hydrogen-bond acceptors (Lipinski definition) is 5. The third kappa shape index (κ3) is 6.93. The molecule has 0 fully saturated rings. The Hall–Kier alpha value is -0.660. The Morgan fingerprint density at radius 1 is 1.33 bits per heavy atom. The fourth-order valence-corrected chi connectivity index (χ4v) is 2.20. The summed E-state index contributed by atoms with van der Waals surface area (Å²) in [5.74, 6) is -0.822. The van der Waals surface area contributed by atoms with Crippen molar-refractivity contribution in [3.05, 3.63) is 0 Å². The van der Waals surface area contributed by atoms with Crippen LogP contribution in [0.25, 0.3) is 0 Å². The van der Waals surface area contributed by atoms with E-state index in [0.29, 0.717) is 6.42 Å². The van der Waals surface area contributed by atoms with E-state index in [1.807, 2.05) is 6.92 Å². The summed E-state index contributed by atoms with van der Waals surface area (Å²) >= 11 is 0. The van der Waals surface area contributed by atoms with Gasteiger partial charge in [0.05, 0.1) is 19.5 Å². The highest BCUT2D eigenvalue weighted by Gasteiger charge is 2.28. The van der Waals surface area contributed by atoms with Gasteiger partial charge in [0.25, 0.3) is 0 Å². The van der Waals surface area contributed by atoms with Gasteiger partial charge < -0.3 is 13.8 Å². The highest BCUT2D eigenvalue weighted by Crippen LogP contribution is 2.21. The molecule has 0 rings (SSSR count). The summed E-state index contributed by atoms with van der Waals surface area (Å²) in [6.45, 7) is 5.86. The summed E-state index contributed by atoms with van der Waals surface area (Å²) in [4.78, 5) is 11.7. The van der Waals surface area contributed by atoms with Gasteiger partial charge in [0.2, 0.25) is 0 Å². The number of carbonyl (C=O) groups excluding carboxylic acids is 1. The standard InChI is InChI=1S/C11H23NO5S/c1-6-11(2,3)10(13)17-8-7-12(4,5)9-18(14,15)16/h6-9H2,1-5H3. The van der Waals surface area contributed by atoms with Crippen LogP contribution in [-0.4, -0.2) is 56.5 Å². The Labute approximate surface area is 109 Å². The van der Waals surface area contributed by atoms with Crippen LogP contribution in [0.1, 0.15) is 27.2 Å². The molecule has 0 atom stereocenters. The van der Waals surface area contributed by atoms with Crippen molar-refractivity contribution in [2.45, 2.75) is 27.2 Å². The van der Waals surface area contributed by atoms with Crippen LogP contribution in [0.5, 0.6) is 0 Å². The third-order valence-corrected chi connectivity index (χ3v) is 3.89. The average molecular weight is 281 g/mol. The molecule has 7 heteroatoms. The van der Waals surface area contributed by atoms with Crippen molar-refractivity contribution in [3.8, 4) is 0 Å². The van der Waals surface area contributed by atoms with Gasteiger partial charge in [0.15, 0.2) is 5.88 Å². The lowest BCUT2D eigenvalue weighted by Gasteiger charge is -2.30. The fourth-order valence-electron chi connectivity index (χ4n) is 1.22. The lowest BCUT2D eigenvalue weighted by atomic mass is 9.91. The molecule has 0 bridgehead atoms. The molecular weight excluding hydrogens is 258 g/mol. The Bertz CT molecular complexity index is 386. The molecule has 18 heavy (non-hydrogen) atoms. The van der Waals surface area contributed by atoms with E-state index >= 15 is 0 Å². The van der Waals surface area contributed by atoms with Gasteiger partial charge in [-0.15, -0.1) is 0 Å². The van der Waals surface area contributed by atoms with E-state index in [1.54, 1.807) is 27.9 Å². The fraction of sp³-hybridized carbons (Fsp3) is 0.909. The minimum absolute atomic E-state index is 0.0222. The number of nitrogens with zero attached hydrogens (tertiary/aromatic N) is 1. The summed E-state index contributed by atoms with van der Waals surface area (Å²) in [5.41, 5.74) is -0.540. The minimum Gasteiger partial charge on any atom is -0.744 e. The molecule has 0 aromatic heterocycles. The third-order valence-electron chi connectivity index (χ3n) is 2.87. The van der Waals surface area contributed by atoms with Crippen LogP contribution in [0.3, 0.4) is 0 Å². The van der Waals surface area contributed by atoms with E-state index < -0.39 is 21.4 Å². The number of ether oxygens (including phenoxy) is 1. The van der Waals surface area contributed by atoms with E-state index in [2.05, 4.69) is 0 Å². The quantitative estimate of drug-likeness (QED) is 0.386. The minimum atomic E-state index is -4.28. The van der Waals surface area contributed by atoms with E-state index in [9.17, 15) is 17.8 Å². The normalized spacial score (nSPS) is 13.4.